The molecule has 4 heterocycles. The Balaban J connectivity index is 0.000000204. The smallest absolute Gasteiger partial charge is 0.339 e. The van der Waals surface area contributed by atoms with Crippen LogP contribution in [-0.4, -0.2) is 76.4 Å². The molecule has 0 radical (unpaired) electrons. The van der Waals surface area contributed by atoms with Gasteiger partial charge in [-0.05, 0) is 79.5 Å². The van der Waals surface area contributed by atoms with Gasteiger partial charge in [0.2, 0.25) is 20.0 Å². The molecule has 0 fully saturated rings. The Bertz CT molecular complexity index is 2160. The Morgan fingerprint density at radius 2 is 1.19 bits per heavy atom. The van der Waals surface area contributed by atoms with Crippen molar-refractivity contribution in [1.29, 1.82) is 0 Å². The molecule has 0 bridgehead atoms. The van der Waals surface area contributed by atoms with Crippen molar-refractivity contribution in [2.75, 3.05) is 41.4 Å². The highest BCUT2D eigenvalue weighted by Crippen LogP contribution is 2.34. The molecule has 0 saturated carbocycles. The van der Waals surface area contributed by atoms with E-state index in [9.17, 15) is 26.4 Å². The van der Waals surface area contributed by atoms with Gasteiger partial charge in [0.15, 0.2) is 0 Å². The number of fused-ring (bicyclic) bond motifs is 2. The molecule has 53 heavy (non-hydrogen) atoms. The van der Waals surface area contributed by atoms with Gasteiger partial charge in [0.1, 0.15) is 0 Å². The summed E-state index contributed by atoms with van der Waals surface area (Å²) in [6.07, 6.45) is 2.80. The Labute approximate surface area is 310 Å². The van der Waals surface area contributed by atoms with Gasteiger partial charge in [0, 0.05) is 38.6 Å². The number of benzene rings is 2. The number of methoxy groups -OCH3 is 2. The highest BCUT2D eigenvalue weighted by Gasteiger charge is 2.29. The number of hydrogen-bond acceptors (Lipinski definition) is 12. The number of nitrogens with one attached hydrogen (secondary N) is 1. The summed E-state index contributed by atoms with van der Waals surface area (Å²) in [5.74, 6) is -0.970. The summed E-state index contributed by atoms with van der Waals surface area (Å²) in [5.41, 5.74) is 7.40. The quantitative estimate of drug-likeness (QED) is 0.206. The molecule has 16 heteroatoms. The van der Waals surface area contributed by atoms with E-state index in [1.165, 1.54) is 35.2 Å². The molecule has 2 aromatic heterocycles. The summed E-state index contributed by atoms with van der Waals surface area (Å²) in [7, 11) is -2.37. The molecule has 2 aliphatic heterocycles. The number of ether oxygens (including phenoxy) is 2. The van der Waals surface area contributed by atoms with Crippen LogP contribution in [0.25, 0.3) is 0 Å². The molecule has 4 aromatic rings. The number of carbonyl (C=O) groups excluding carboxylic acids is 2. The molecule has 2 aliphatic rings. The summed E-state index contributed by atoms with van der Waals surface area (Å²) < 4.78 is 63.2. The van der Waals surface area contributed by atoms with E-state index >= 15 is 0 Å². The molecule has 0 atom stereocenters. The third-order valence-corrected chi connectivity index (χ3v) is 12.5. The van der Waals surface area contributed by atoms with Crippen LogP contribution in [0.2, 0.25) is 0 Å². The van der Waals surface area contributed by atoms with Crippen LogP contribution < -0.4 is 13.9 Å². The molecule has 2 aromatic carbocycles. The van der Waals surface area contributed by atoms with Crippen molar-refractivity contribution in [2.45, 2.75) is 53.1 Å². The van der Waals surface area contributed by atoms with Gasteiger partial charge in [0.05, 0.1) is 72.7 Å². The van der Waals surface area contributed by atoms with E-state index in [4.69, 9.17) is 0 Å². The van der Waals surface area contributed by atoms with E-state index in [-0.39, 0.29) is 24.6 Å². The maximum absolute atomic E-state index is 12.8. The van der Waals surface area contributed by atoms with Crippen molar-refractivity contribution < 1.29 is 35.9 Å². The number of pyridine rings is 2. The minimum absolute atomic E-state index is 0.00719. The van der Waals surface area contributed by atoms with Crippen molar-refractivity contribution in [3.63, 3.8) is 0 Å². The Kier molecular flexibility index (Phi) is 12.5. The minimum atomic E-state index is -3.50. The standard InChI is InChI=1S/C19H23N3O4S.C18H21N3O4S/c1-4-27(24,25)22(12-16-9-8-14(10-20-16)19(23)26-3)18-7-5-6-15-11-21(2)13-17(15)18;1-3-26(23,24)21(17-6-4-5-13-9-19-11-16(13)17)12-15-8-7-14(10-20-15)18(22)25-2/h5-10H,4,11-13H2,1-3H3;4-8,10,19H,3,9,11-12H2,1-2H3. The summed E-state index contributed by atoms with van der Waals surface area (Å²) in [6.45, 7) is 6.34. The number of sulfonamides is 2. The second kappa shape index (κ2) is 16.8. The minimum Gasteiger partial charge on any atom is -0.465 e. The maximum atomic E-state index is 12.8. The number of nitrogens with zero attached hydrogens (tertiary/aromatic N) is 5. The third kappa shape index (κ3) is 9.01. The lowest BCUT2D eigenvalue weighted by Crippen LogP contribution is -2.33. The van der Waals surface area contributed by atoms with Crippen LogP contribution in [0.4, 0.5) is 11.4 Å². The lowest BCUT2D eigenvalue weighted by atomic mass is 10.1. The molecular formula is C37H44N6O8S2. The van der Waals surface area contributed by atoms with Crippen LogP contribution in [0, 0.1) is 0 Å². The molecule has 14 nitrogen and oxygen atoms in total. The van der Waals surface area contributed by atoms with Gasteiger partial charge in [-0.3, -0.25) is 23.5 Å². The van der Waals surface area contributed by atoms with Crippen molar-refractivity contribution in [3.8, 4) is 0 Å². The third-order valence-electron chi connectivity index (χ3n) is 9.02. The van der Waals surface area contributed by atoms with E-state index in [0.717, 1.165) is 35.3 Å². The molecule has 0 spiro atoms. The summed E-state index contributed by atoms with van der Waals surface area (Å²) >= 11 is 0. The first-order chi connectivity index (χ1) is 25.3. The molecule has 282 valence electrons. The number of hydrogen-bond donors (Lipinski definition) is 1. The van der Waals surface area contributed by atoms with Gasteiger partial charge < -0.3 is 14.8 Å². The Morgan fingerprint density at radius 3 is 1.64 bits per heavy atom. The van der Waals surface area contributed by atoms with Gasteiger partial charge in [-0.25, -0.2) is 26.4 Å². The van der Waals surface area contributed by atoms with Crippen molar-refractivity contribution in [2.24, 2.45) is 0 Å². The highest BCUT2D eigenvalue weighted by atomic mass is 32.2. The summed E-state index contributed by atoms with van der Waals surface area (Å²) in [5, 5.41) is 3.25. The fraction of sp³-hybridized carbons (Fsp3) is 0.351. The van der Waals surface area contributed by atoms with Crippen molar-refractivity contribution >= 4 is 43.4 Å². The van der Waals surface area contributed by atoms with Crippen molar-refractivity contribution in [1.82, 2.24) is 20.2 Å². The molecular weight excluding hydrogens is 721 g/mol. The maximum Gasteiger partial charge on any atom is 0.339 e. The average molecular weight is 765 g/mol. The Hall–Kier alpha value is -4.90. The number of anilines is 2. The largest absolute Gasteiger partial charge is 0.465 e. The van der Waals surface area contributed by atoms with Crippen LogP contribution in [-0.2, 0) is 68.8 Å². The first-order valence-corrected chi connectivity index (χ1v) is 20.2. The molecule has 1 N–H and O–H groups in total. The second-order valence-electron chi connectivity index (χ2n) is 12.5. The topological polar surface area (TPSA) is 168 Å². The normalized spacial score (nSPS) is 13.7. The predicted molar refractivity (Wildman–Crippen MR) is 201 cm³/mol. The number of aromatic nitrogens is 2. The van der Waals surface area contributed by atoms with E-state index in [1.54, 1.807) is 38.1 Å². The molecule has 6 rings (SSSR count). The molecule has 0 saturated heterocycles. The first kappa shape index (κ1) is 39.3. The van der Waals surface area contributed by atoms with Gasteiger partial charge in [-0.15, -0.1) is 0 Å². The molecule has 0 aliphatic carbocycles. The van der Waals surface area contributed by atoms with Crippen LogP contribution in [0.15, 0.2) is 73.1 Å². The fourth-order valence-electron chi connectivity index (χ4n) is 6.13. The predicted octanol–water partition coefficient (Wildman–Crippen LogP) is 4.00. The lowest BCUT2D eigenvalue weighted by Gasteiger charge is -2.26. The zero-order valence-electron chi connectivity index (χ0n) is 30.4. The number of carbonyl (C=O) groups is 2. The van der Waals surface area contributed by atoms with Crippen LogP contribution >= 0.6 is 0 Å². The summed E-state index contributed by atoms with van der Waals surface area (Å²) in [6, 6.07) is 17.9. The van der Waals surface area contributed by atoms with Crippen LogP contribution in [0.5, 0.6) is 0 Å². The first-order valence-electron chi connectivity index (χ1n) is 17.0. The van der Waals surface area contributed by atoms with Crippen LogP contribution in [0.1, 0.15) is 68.2 Å². The SMILES string of the molecule is CCS(=O)(=O)N(Cc1ccc(C(=O)OC)cn1)c1cccc2c1CN(C)C2.CCS(=O)(=O)N(Cc1ccc(C(=O)OC)cn1)c1cccc2c1CNC2. The monoisotopic (exact) mass is 764 g/mol. The van der Waals surface area contributed by atoms with E-state index in [1.807, 2.05) is 43.4 Å². The lowest BCUT2D eigenvalue weighted by molar-refractivity contribution is 0.0591. The van der Waals surface area contributed by atoms with E-state index in [2.05, 4.69) is 29.7 Å². The zero-order chi connectivity index (χ0) is 38.3. The van der Waals surface area contributed by atoms with Gasteiger partial charge in [-0.2, -0.15) is 0 Å². The summed E-state index contributed by atoms with van der Waals surface area (Å²) in [4.78, 5) is 33.7. The van der Waals surface area contributed by atoms with E-state index < -0.39 is 32.0 Å². The van der Waals surface area contributed by atoms with Gasteiger partial charge >= 0.3 is 11.9 Å². The van der Waals surface area contributed by atoms with Crippen molar-refractivity contribution in [3.05, 3.63) is 118 Å². The highest BCUT2D eigenvalue weighted by molar-refractivity contribution is 7.93. The van der Waals surface area contributed by atoms with Crippen LogP contribution in [0.3, 0.4) is 0 Å². The molecule has 0 unspecified atom stereocenters. The number of esters is 2. The fourth-order valence-corrected chi connectivity index (χ4v) is 8.36. The number of rotatable bonds is 12. The zero-order valence-corrected chi connectivity index (χ0v) is 32.0. The van der Waals surface area contributed by atoms with Gasteiger partial charge in [0.25, 0.3) is 0 Å². The molecule has 0 amide bonds. The Morgan fingerprint density at radius 1 is 0.698 bits per heavy atom. The average Bonchev–Trinajstić information content (AvgIpc) is 3.82. The second-order valence-corrected chi connectivity index (χ2v) is 16.8. The van der Waals surface area contributed by atoms with Gasteiger partial charge in [-0.1, -0.05) is 24.3 Å². The van der Waals surface area contributed by atoms with E-state index in [0.29, 0.717) is 47.0 Å².